The molecule has 0 aliphatic heterocycles. The molecule has 242 valence electrons. The first kappa shape index (κ1) is 35.8. The molecule has 0 aliphatic carbocycles. The van der Waals surface area contributed by atoms with Crippen LogP contribution in [0.25, 0.3) is 0 Å². The van der Waals surface area contributed by atoms with E-state index < -0.39 is 10.4 Å². The third kappa shape index (κ3) is 12.4. The second-order valence-electron chi connectivity index (χ2n) is 9.65. The highest BCUT2D eigenvalue weighted by atomic mass is 32.3. The summed E-state index contributed by atoms with van der Waals surface area (Å²) >= 11 is 3.21. The summed E-state index contributed by atoms with van der Waals surface area (Å²) in [5.41, 5.74) is 4.20. The molecular weight excluding hydrogens is 633 g/mol. The van der Waals surface area contributed by atoms with Crippen LogP contribution in [0.3, 0.4) is 0 Å². The van der Waals surface area contributed by atoms with Crippen molar-refractivity contribution in [3.05, 3.63) is 71.7 Å². The Morgan fingerprint density at radius 1 is 0.644 bits per heavy atom. The van der Waals surface area contributed by atoms with Gasteiger partial charge in [0.05, 0.1) is 23.3 Å². The largest absolute Gasteiger partial charge is 0.759 e. The third-order valence-corrected chi connectivity index (χ3v) is 8.37. The maximum absolute atomic E-state index is 8.52. The molecule has 0 spiro atoms. The van der Waals surface area contributed by atoms with Crippen molar-refractivity contribution in [1.29, 1.82) is 0 Å². The molecule has 2 aromatic carbocycles. The van der Waals surface area contributed by atoms with Gasteiger partial charge in [-0.25, -0.2) is 9.13 Å². The van der Waals surface area contributed by atoms with Gasteiger partial charge in [-0.3, -0.25) is 8.42 Å². The molecule has 15 heteroatoms. The summed E-state index contributed by atoms with van der Waals surface area (Å²) in [7, 11) is -5.17. The van der Waals surface area contributed by atoms with Crippen molar-refractivity contribution in [1.82, 2.24) is 0 Å². The average Bonchev–Trinajstić information content (AvgIpc) is 3.70. The molecule has 0 fully saturated rings. The van der Waals surface area contributed by atoms with Crippen molar-refractivity contribution in [3.63, 3.8) is 0 Å². The zero-order valence-electron chi connectivity index (χ0n) is 26.0. The van der Waals surface area contributed by atoms with E-state index in [2.05, 4.69) is 116 Å². The van der Waals surface area contributed by atoms with Crippen LogP contribution >= 0.6 is 22.7 Å². The standard InChI is InChI=1S/C30H40N8S2.H2O4S/c1-5-35(27-15-11-25(12-16-27)31-33-29-37(7-3)21-23-39-29)19-9-10-20-36(6-2)28-17-13-26(14-18-28)32-34-30-38(8-4)22-24-40-30;1-5(2,3)4/h11-18,21-24H,5-10,19-20H2,1-4H3;(H2,1,2,3,4)/q+2;/p-2. The van der Waals surface area contributed by atoms with Crippen LogP contribution in [0.2, 0.25) is 0 Å². The van der Waals surface area contributed by atoms with E-state index >= 15 is 0 Å². The van der Waals surface area contributed by atoms with Crippen LogP contribution in [0.15, 0.2) is 92.1 Å². The Hall–Kier alpha value is -3.63. The molecule has 45 heavy (non-hydrogen) atoms. The highest BCUT2D eigenvalue weighted by Gasteiger charge is 2.12. The smallest absolute Gasteiger partial charge is 0.408 e. The van der Waals surface area contributed by atoms with E-state index in [4.69, 9.17) is 17.5 Å². The lowest BCUT2D eigenvalue weighted by atomic mass is 10.2. The summed E-state index contributed by atoms with van der Waals surface area (Å²) in [5, 5.41) is 23.6. The maximum Gasteiger partial charge on any atom is 0.408 e. The first-order valence-corrected chi connectivity index (χ1v) is 17.9. The molecule has 2 aromatic heterocycles. The molecule has 12 nitrogen and oxygen atoms in total. The molecule has 0 saturated carbocycles. The molecule has 0 bridgehead atoms. The second-order valence-corrected chi connectivity index (χ2v) is 12.2. The second kappa shape index (κ2) is 18.4. The van der Waals surface area contributed by atoms with Gasteiger partial charge >= 0.3 is 10.3 Å². The van der Waals surface area contributed by atoms with Crippen LogP contribution in [0.1, 0.15) is 40.5 Å². The van der Waals surface area contributed by atoms with Crippen LogP contribution in [-0.2, 0) is 23.5 Å². The highest BCUT2D eigenvalue weighted by molar-refractivity contribution is 7.79. The predicted octanol–water partition coefficient (Wildman–Crippen LogP) is 7.05. The van der Waals surface area contributed by atoms with Crippen molar-refractivity contribution in [2.75, 3.05) is 36.0 Å². The third-order valence-electron chi connectivity index (χ3n) is 6.80. The van der Waals surface area contributed by atoms with Crippen molar-refractivity contribution in [3.8, 4) is 0 Å². The zero-order valence-corrected chi connectivity index (χ0v) is 28.5. The van der Waals surface area contributed by atoms with Crippen LogP contribution in [0, 0.1) is 0 Å². The lowest BCUT2D eigenvalue weighted by molar-refractivity contribution is -0.677. The average molecular weight is 673 g/mol. The van der Waals surface area contributed by atoms with E-state index in [1.54, 1.807) is 22.7 Å². The Balaban J connectivity index is 0.00000102. The minimum Gasteiger partial charge on any atom is -0.759 e. The first-order chi connectivity index (χ1) is 21.6. The van der Waals surface area contributed by atoms with Crippen molar-refractivity contribution >= 4 is 66.1 Å². The fourth-order valence-electron chi connectivity index (χ4n) is 4.44. The van der Waals surface area contributed by atoms with E-state index in [1.807, 2.05) is 23.2 Å². The normalized spacial score (nSPS) is 11.6. The van der Waals surface area contributed by atoms with Crippen molar-refractivity contribution in [2.24, 2.45) is 20.5 Å². The lowest BCUT2D eigenvalue weighted by Crippen LogP contribution is -2.28. The fourth-order valence-corrected chi connectivity index (χ4v) is 5.93. The Morgan fingerprint density at radius 2 is 1.00 bits per heavy atom. The van der Waals surface area contributed by atoms with Gasteiger partial charge in [-0.2, -0.15) is 0 Å². The SMILES string of the molecule is CCN(CCCCN(CC)c1ccc(N=Nc2scc[n+]2CC)cc1)c1ccc(N=Nc2scc[n+]2CC)cc1.O=S(=O)([O-])[O-]. The number of anilines is 2. The summed E-state index contributed by atoms with van der Waals surface area (Å²) in [6.07, 6.45) is 6.34. The fraction of sp³-hybridized carbons (Fsp3) is 0.400. The van der Waals surface area contributed by atoms with E-state index in [0.29, 0.717) is 0 Å². The number of azo groups is 2. The highest BCUT2D eigenvalue weighted by Crippen LogP contribution is 2.25. The van der Waals surface area contributed by atoms with Gasteiger partial charge < -0.3 is 18.9 Å². The van der Waals surface area contributed by atoms with E-state index in [9.17, 15) is 0 Å². The molecule has 0 radical (unpaired) electrons. The summed E-state index contributed by atoms with van der Waals surface area (Å²) in [6.45, 7) is 14.4. The topological polar surface area (TPSA) is 144 Å². The van der Waals surface area contributed by atoms with Crippen molar-refractivity contribution in [2.45, 2.75) is 53.6 Å². The maximum atomic E-state index is 8.52. The molecule has 0 N–H and O–H groups in total. The van der Waals surface area contributed by atoms with Gasteiger partial charge in [0.25, 0.3) is 0 Å². The Bertz CT molecular complexity index is 1490. The van der Waals surface area contributed by atoms with Gasteiger partial charge in [0, 0.05) is 58.7 Å². The Morgan fingerprint density at radius 3 is 1.31 bits per heavy atom. The van der Waals surface area contributed by atoms with Gasteiger partial charge in [-0.15, -0.1) is 0 Å². The summed E-state index contributed by atoms with van der Waals surface area (Å²) in [4.78, 5) is 4.86. The number of rotatable bonds is 15. The van der Waals surface area contributed by atoms with Gasteiger partial charge in [0.15, 0.2) is 0 Å². The van der Waals surface area contributed by atoms with Gasteiger partial charge in [-0.05, 0) is 122 Å². The number of hydrogen-bond acceptors (Lipinski definition) is 12. The molecule has 0 atom stereocenters. The minimum atomic E-state index is -5.17. The van der Waals surface area contributed by atoms with Crippen LogP contribution in [0.5, 0.6) is 0 Å². The Kier molecular flexibility index (Phi) is 14.6. The number of thiazole rings is 2. The lowest BCUT2D eigenvalue weighted by Gasteiger charge is -2.26. The Labute approximate surface area is 273 Å². The summed E-state index contributed by atoms with van der Waals surface area (Å²) < 4.78 is 38.3. The molecule has 2 heterocycles. The van der Waals surface area contributed by atoms with Crippen molar-refractivity contribution < 1.29 is 26.7 Å². The molecule has 0 saturated heterocycles. The molecule has 0 amide bonds. The number of hydrogen-bond donors (Lipinski definition) is 0. The van der Waals surface area contributed by atoms with E-state index in [0.717, 1.165) is 73.7 Å². The quantitative estimate of drug-likeness (QED) is 0.0435. The molecular formula is C30H40N8O4S3. The zero-order chi connectivity index (χ0) is 32.7. The van der Waals surface area contributed by atoms with Gasteiger partial charge in [0.1, 0.15) is 23.8 Å². The van der Waals surface area contributed by atoms with E-state index in [1.165, 1.54) is 11.4 Å². The summed E-state index contributed by atoms with van der Waals surface area (Å²) in [6, 6.07) is 16.8. The molecule has 0 aliphatic rings. The molecule has 4 aromatic rings. The number of aromatic nitrogens is 2. The molecule has 0 unspecified atom stereocenters. The summed E-state index contributed by atoms with van der Waals surface area (Å²) in [5.74, 6) is 0. The van der Waals surface area contributed by atoms with Crippen LogP contribution < -0.4 is 18.9 Å². The number of nitrogens with zero attached hydrogens (tertiary/aromatic N) is 8. The predicted molar refractivity (Wildman–Crippen MR) is 177 cm³/mol. The number of unbranched alkanes of at least 4 members (excludes halogenated alkanes) is 1. The van der Waals surface area contributed by atoms with Gasteiger partial charge in [-0.1, -0.05) is 0 Å². The minimum absolute atomic E-state index is 0.873. The first-order valence-electron chi connectivity index (χ1n) is 14.8. The van der Waals surface area contributed by atoms with E-state index in [-0.39, 0.29) is 0 Å². The van der Waals surface area contributed by atoms with Gasteiger partial charge in [0.2, 0.25) is 0 Å². The molecule has 4 rings (SSSR count). The number of benzene rings is 2. The van der Waals surface area contributed by atoms with Crippen LogP contribution in [-0.4, -0.2) is 43.7 Å². The monoisotopic (exact) mass is 672 g/mol. The van der Waals surface area contributed by atoms with Crippen LogP contribution in [0.4, 0.5) is 33.0 Å². The number of aryl methyl sites for hydroxylation is 2.